The maximum absolute atomic E-state index is 12.1. The van der Waals surface area contributed by atoms with Gasteiger partial charge in [0.15, 0.2) is 5.78 Å². The number of hydrogen-bond acceptors (Lipinski definition) is 2. The highest BCUT2D eigenvalue weighted by molar-refractivity contribution is 7.85. The summed E-state index contributed by atoms with van der Waals surface area (Å²) in [5.74, 6) is 0.0798. The van der Waals surface area contributed by atoms with Crippen molar-refractivity contribution in [1.82, 2.24) is 0 Å². The first-order valence-electron chi connectivity index (χ1n) is 6.34. The van der Waals surface area contributed by atoms with Gasteiger partial charge in [-0.05, 0) is 30.7 Å². The van der Waals surface area contributed by atoms with Crippen LogP contribution in [0, 0.1) is 6.92 Å². The summed E-state index contributed by atoms with van der Waals surface area (Å²) < 4.78 is 12.1. The van der Waals surface area contributed by atoms with Crippen molar-refractivity contribution in [2.75, 3.05) is 5.75 Å². The molecule has 0 aromatic heterocycles. The van der Waals surface area contributed by atoms with E-state index in [1.807, 2.05) is 31.2 Å². The number of hydrogen-bond donors (Lipinski definition) is 0. The largest absolute Gasteiger partial charge is 0.293 e. The summed E-state index contributed by atoms with van der Waals surface area (Å²) in [7, 11) is -1.26. The zero-order chi connectivity index (χ0) is 15.4. The summed E-state index contributed by atoms with van der Waals surface area (Å²) in [5, 5.41) is 0.762. The van der Waals surface area contributed by atoms with Crippen LogP contribution >= 0.6 is 23.2 Å². The molecule has 0 bridgehead atoms. The lowest BCUT2D eigenvalue weighted by molar-refractivity contribution is 0.102. The molecule has 2 nitrogen and oxygen atoms in total. The molecule has 0 saturated heterocycles. The number of aryl methyl sites for hydroxylation is 1. The second-order valence-corrected chi connectivity index (χ2v) is 7.07. The molecule has 0 aliphatic carbocycles. The standard InChI is InChI=1S/C16H14Cl2O2S/c1-11-3-2-4-12(7-11)9-21(20)10-16(19)14-6-5-13(17)8-15(14)18/h2-8H,9-10H2,1H3. The van der Waals surface area contributed by atoms with Gasteiger partial charge >= 0.3 is 0 Å². The molecular weight excluding hydrogens is 327 g/mol. The van der Waals surface area contributed by atoms with Crippen LogP contribution < -0.4 is 0 Å². The van der Waals surface area contributed by atoms with Gasteiger partial charge in [0.2, 0.25) is 0 Å². The zero-order valence-electron chi connectivity index (χ0n) is 11.4. The van der Waals surface area contributed by atoms with Gasteiger partial charge in [0.25, 0.3) is 0 Å². The molecule has 5 heteroatoms. The van der Waals surface area contributed by atoms with Crippen molar-refractivity contribution in [3.63, 3.8) is 0 Å². The molecule has 0 N–H and O–H groups in total. The Morgan fingerprint density at radius 2 is 1.90 bits per heavy atom. The summed E-state index contributed by atoms with van der Waals surface area (Å²) >= 11 is 11.8. The highest BCUT2D eigenvalue weighted by Crippen LogP contribution is 2.21. The van der Waals surface area contributed by atoms with Gasteiger partial charge in [-0.3, -0.25) is 9.00 Å². The minimum atomic E-state index is -1.26. The minimum absolute atomic E-state index is 0.0463. The van der Waals surface area contributed by atoms with Gasteiger partial charge in [-0.25, -0.2) is 0 Å². The Kier molecular flexibility index (Phi) is 5.57. The number of carbonyl (C=O) groups is 1. The molecule has 1 atom stereocenters. The van der Waals surface area contributed by atoms with E-state index in [4.69, 9.17) is 23.2 Å². The van der Waals surface area contributed by atoms with E-state index in [0.29, 0.717) is 21.4 Å². The summed E-state index contributed by atoms with van der Waals surface area (Å²) in [6.07, 6.45) is 0. The topological polar surface area (TPSA) is 34.1 Å². The summed E-state index contributed by atoms with van der Waals surface area (Å²) in [5.41, 5.74) is 2.43. The predicted octanol–water partition coefficient (Wildman–Crippen LogP) is 4.43. The van der Waals surface area contributed by atoms with E-state index in [9.17, 15) is 9.00 Å². The van der Waals surface area contributed by atoms with Crippen LogP contribution in [-0.2, 0) is 16.6 Å². The predicted molar refractivity (Wildman–Crippen MR) is 88.7 cm³/mol. The Balaban J connectivity index is 2.04. The lowest BCUT2D eigenvalue weighted by atomic mass is 10.1. The van der Waals surface area contributed by atoms with E-state index in [-0.39, 0.29) is 11.5 Å². The SMILES string of the molecule is Cc1cccc(CS(=O)CC(=O)c2ccc(Cl)cc2Cl)c1. The van der Waals surface area contributed by atoms with Crippen molar-refractivity contribution >= 4 is 39.8 Å². The number of carbonyl (C=O) groups excluding carboxylic acids is 1. The van der Waals surface area contributed by atoms with E-state index in [1.54, 1.807) is 12.1 Å². The van der Waals surface area contributed by atoms with Crippen molar-refractivity contribution in [2.24, 2.45) is 0 Å². The van der Waals surface area contributed by atoms with Gasteiger partial charge in [-0.15, -0.1) is 0 Å². The Bertz CT molecular complexity index is 698. The molecule has 0 fully saturated rings. The summed E-state index contributed by atoms with van der Waals surface area (Å²) in [6, 6.07) is 12.5. The third-order valence-electron chi connectivity index (χ3n) is 2.93. The number of Topliss-reactive ketones (excluding diaryl/α,β-unsaturated/α-hetero) is 1. The molecule has 2 aromatic carbocycles. The fraction of sp³-hybridized carbons (Fsp3) is 0.188. The van der Waals surface area contributed by atoms with Gasteiger partial charge in [0.05, 0.1) is 10.8 Å². The zero-order valence-corrected chi connectivity index (χ0v) is 13.8. The van der Waals surface area contributed by atoms with E-state index in [2.05, 4.69) is 0 Å². The molecule has 0 aliphatic rings. The van der Waals surface area contributed by atoms with Gasteiger partial charge < -0.3 is 0 Å². The number of halogens is 2. The van der Waals surface area contributed by atoms with Crippen LogP contribution in [0.1, 0.15) is 21.5 Å². The molecule has 0 heterocycles. The average Bonchev–Trinajstić information content (AvgIpc) is 2.38. The molecule has 2 aromatic rings. The Hall–Kier alpha value is -1.16. The summed E-state index contributed by atoms with van der Waals surface area (Å²) in [6.45, 7) is 1.98. The lowest BCUT2D eigenvalue weighted by Gasteiger charge is -2.05. The first-order valence-corrected chi connectivity index (χ1v) is 8.59. The maximum Gasteiger partial charge on any atom is 0.176 e. The molecule has 2 rings (SSSR count). The normalized spacial score (nSPS) is 12.1. The lowest BCUT2D eigenvalue weighted by Crippen LogP contribution is -2.13. The van der Waals surface area contributed by atoms with Crippen molar-refractivity contribution in [3.8, 4) is 0 Å². The van der Waals surface area contributed by atoms with Crippen LogP contribution in [0.3, 0.4) is 0 Å². The van der Waals surface area contributed by atoms with Crippen molar-refractivity contribution in [3.05, 3.63) is 69.2 Å². The molecule has 0 aliphatic heterocycles. The van der Waals surface area contributed by atoms with E-state index in [1.165, 1.54) is 6.07 Å². The number of rotatable bonds is 5. The monoisotopic (exact) mass is 340 g/mol. The highest BCUT2D eigenvalue weighted by Gasteiger charge is 2.14. The molecule has 0 saturated carbocycles. The molecule has 0 spiro atoms. The fourth-order valence-corrected chi connectivity index (χ4v) is 3.59. The van der Waals surface area contributed by atoms with Gasteiger partial charge in [0, 0.05) is 27.1 Å². The van der Waals surface area contributed by atoms with Crippen LogP contribution in [0.2, 0.25) is 10.0 Å². The quantitative estimate of drug-likeness (QED) is 0.754. The van der Waals surface area contributed by atoms with Crippen molar-refractivity contribution < 1.29 is 9.00 Å². The third kappa shape index (κ3) is 4.67. The van der Waals surface area contributed by atoms with E-state index >= 15 is 0 Å². The van der Waals surface area contributed by atoms with Gasteiger partial charge in [-0.2, -0.15) is 0 Å². The van der Waals surface area contributed by atoms with Crippen LogP contribution in [0.15, 0.2) is 42.5 Å². The second kappa shape index (κ2) is 7.21. The maximum atomic E-state index is 12.1. The van der Waals surface area contributed by atoms with Crippen molar-refractivity contribution in [2.45, 2.75) is 12.7 Å². The minimum Gasteiger partial charge on any atom is -0.293 e. The fourth-order valence-electron chi connectivity index (χ4n) is 1.98. The van der Waals surface area contributed by atoms with Crippen LogP contribution in [0.25, 0.3) is 0 Å². The number of benzene rings is 2. The average molecular weight is 341 g/mol. The Morgan fingerprint density at radius 3 is 2.57 bits per heavy atom. The van der Waals surface area contributed by atoms with Crippen LogP contribution in [0.5, 0.6) is 0 Å². The third-order valence-corrected chi connectivity index (χ3v) is 4.72. The van der Waals surface area contributed by atoms with Gasteiger partial charge in [-0.1, -0.05) is 53.0 Å². The summed E-state index contributed by atoms with van der Waals surface area (Å²) in [4.78, 5) is 12.1. The first kappa shape index (κ1) is 16.2. The Morgan fingerprint density at radius 1 is 1.14 bits per heavy atom. The molecule has 1 unspecified atom stereocenters. The second-order valence-electron chi connectivity index (χ2n) is 4.76. The van der Waals surface area contributed by atoms with Crippen molar-refractivity contribution in [1.29, 1.82) is 0 Å². The van der Waals surface area contributed by atoms with E-state index in [0.717, 1.165) is 11.1 Å². The smallest absolute Gasteiger partial charge is 0.176 e. The molecule has 110 valence electrons. The molecule has 21 heavy (non-hydrogen) atoms. The van der Waals surface area contributed by atoms with Gasteiger partial charge in [0.1, 0.15) is 0 Å². The molecular formula is C16H14Cl2O2S. The molecule has 0 amide bonds. The number of ketones is 1. The highest BCUT2D eigenvalue weighted by atomic mass is 35.5. The van der Waals surface area contributed by atoms with E-state index < -0.39 is 10.8 Å². The van der Waals surface area contributed by atoms with Crippen LogP contribution in [0.4, 0.5) is 0 Å². The molecule has 0 radical (unpaired) electrons. The van der Waals surface area contributed by atoms with Crippen LogP contribution in [-0.4, -0.2) is 15.7 Å². The first-order chi connectivity index (χ1) is 9.95. The Labute approximate surface area is 136 Å².